The summed E-state index contributed by atoms with van der Waals surface area (Å²) < 4.78 is 43.0. The van der Waals surface area contributed by atoms with Crippen LogP contribution in [0.15, 0.2) is 41.4 Å². The topological polar surface area (TPSA) is 62.7 Å². The summed E-state index contributed by atoms with van der Waals surface area (Å²) in [5, 5.41) is 0. The van der Waals surface area contributed by atoms with Crippen LogP contribution in [0.5, 0.6) is 5.88 Å². The van der Waals surface area contributed by atoms with E-state index in [0.717, 1.165) is 24.2 Å². The number of nitrogens with zero attached hydrogens (tertiary/aromatic N) is 3. The smallest absolute Gasteiger partial charge is 0.214 e. The third-order valence-corrected chi connectivity index (χ3v) is 6.24. The quantitative estimate of drug-likeness (QED) is 0.759. The number of pyridine rings is 1. The van der Waals surface area contributed by atoms with Crippen LogP contribution in [-0.2, 0) is 9.84 Å². The van der Waals surface area contributed by atoms with Crippen LogP contribution in [0.25, 0.3) is 0 Å². The number of methoxy groups -OCH3 is 1. The van der Waals surface area contributed by atoms with Crippen LogP contribution in [0, 0.1) is 11.7 Å². The molecular weight excluding hydrogens is 381 g/mol. The molecule has 1 fully saturated rings. The maximum atomic E-state index is 14.0. The molecule has 1 aromatic carbocycles. The summed E-state index contributed by atoms with van der Waals surface area (Å²) in [7, 11) is -2.02. The van der Waals surface area contributed by atoms with Crippen LogP contribution in [0.1, 0.15) is 13.8 Å². The van der Waals surface area contributed by atoms with Gasteiger partial charge in [0.1, 0.15) is 10.7 Å². The molecule has 1 saturated heterocycles. The molecule has 0 amide bonds. The van der Waals surface area contributed by atoms with Crippen LogP contribution < -0.4 is 14.5 Å². The van der Waals surface area contributed by atoms with Crippen LogP contribution >= 0.6 is 0 Å². The molecule has 0 spiro atoms. The zero-order valence-corrected chi connectivity index (χ0v) is 17.4. The molecule has 0 saturated carbocycles. The lowest BCUT2D eigenvalue weighted by atomic mass is 9.98. The summed E-state index contributed by atoms with van der Waals surface area (Å²) in [5.41, 5.74) is 1.76. The van der Waals surface area contributed by atoms with E-state index >= 15 is 0 Å². The van der Waals surface area contributed by atoms with Gasteiger partial charge in [-0.25, -0.2) is 17.8 Å². The Hall–Kier alpha value is -2.35. The first-order valence-electron chi connectivity index (χ1n) is 9.22. The molecule has 0 bridgehead atoms. The monoisotopic (exact) mass is 407 g/mol. The van der Waals surface area contributed by atoms with Gasteiger partial charge in [0.2, 0.25) is 5.88 Å². The summed E-state index contributed by atoms with van der Waals surface area (Å²) in [6, 6.07) is 8.40. The maximum absolute atomic E-state index is 14.0. The molecule has 0 radical (unpaired) electrons. The molecule has 28 heavy (non-hydrogen) atoms. The fraction of sp³-hybridized carbons (Fsp3) is 0.450. The summed E-state index contributed by atoms with van der Waals surface area (Å²) in [4.78, 5) is 8.36. The van der Waals surface area contributed by atoms with E-state index in [0.29, 0.717) is 24.9 Å². The minimum atomic E-state index is -3.62. The number of hydrogen-bond donors (Lipinski definition) is 0. The van der Waals surface area contributed by atoms with Gasteiger partial charge in [0.15, 0.2) is 9.84 Å². The van der Waals surface area contributed by atoms with E-state index in [1.165, 1.54) is 12.1 Å². The number of aromatic nitrogens is 1. The van der Waals surface area contributed by atoms with Gasteiger partial charge in [-0.05, 0) is 30.2 Å². The Kier molecular flexibility index (Phi) is 5.79. The van der Waals surface area contributed by atoms with E-state index in [1.54, 1.807) is 19.4 Å². The number of piperazine rings is 1. The van der Waals surface area contributed by atoms with Gasteiger partial charge in [-0.2, -0.15) is 0 Å². The fourth-order valence-corrected chi connectivity index (χ4v) is 4.35. The average Bonchev–Trinajstić information content (AvgIpc) is 2.67. The van der Waals surface area contributed by atoms with Crippen LogP contribution in [0.2, 0.25) is 0 Å². The van der Waals surface area contributed by atoms with E-state index in [2.05, 4.69) is 28.6 Å². The van der Waals surface area contributed by atoms with E-state index in [4.69, 9.17) is 4.74 Å². The highest BCUT2D eigenvalue weighted by Crippen LogP contribution is 2.30. The molecule has 0 aliphatic carbocycles. The number of benzene rings is 1. The average molecular weight is 408 g/mol. The Morgan fingerprint density at radius 3 is 2.57 bits per heavy atom. The number of anilines is 2. The molecule has 3 rings (SSSR count). The molecule has 0 N–H and O–H groups in total. The van der Waals surface area contributed by atoms with E-state index in [1.807, 2.05) is 12.1 Å². The van der Waals surface area contributed by atoms with Crippen LogP contribution in [0.4, 0.5) is 15.8 Å². The van der Waals surface area contributed by atoms with Crippen molar-refractivity contribution < 1.29 is 17.5 Å². The lowest BCUT2D eigenvalue weighted by Crippen LogP contribution is -2.55. The van der Waals surface area contributed by atoms with Crippen molar-refractivity contribution in [3.63, 3.8) is 0 Å². The van der Waals surface area contributed by atoms with Crippen molar-refractivity contribution in [1.29, 1.82) is 0 Å². The summed E-state index contributed by atoms with van der Waals surface area (Å²) in [5.74, 6) is 0.213. The number of rotatable bonds is 5. The third-order valence-electron chi connectivity index (χ3n) is 5.13. The van der Waals surface area contributed by atoms with Gasteiger partial charge in [-0.3, -0.25) is 0 Å². The predicted octanol–water partition coefficient (Wildman–Crippen LogP) is 2.98. The summed E-state index contributed by atoms with van der Waals surface area (Å²) >= 11 is 0. The molecule has 2 aromatic rings. The van der Waals surface area contributed by atoms with Crippen molar-refractivity contribution in [2.75, 3.05) is 42.8 Å². The largest absolute Gasteiger partial charge is 0.481 e. The highest BCUT2D eigenvalue weighted by Gasteiger charge is 2.30. The van der Waals surface area contributed by atoms with E-state index < -0.39 is 15.7 Å². The van der Waals surface area contributed by atoms with E-state index in [-0.39, 0.29) is 10.9 Å². The minimum Gasteiger partial charge on any atom is -0.481 e. The molecule has 2 heterocycles. The van der Waals surface area contributed by atoms with Gasteiger partial charge in [-0.15, -0.1) is 0 Å². The van der Waals surface area contributed by atoms with Crippen molar-refractivity contribution in [1.82, 2.24) is 4.98 Å². The predicted molar refractivity (Wildman–Crippen MR) is 108 cm³/mol. The van der Waals surface area contributed by atoms with Crippen molar-refractivity contribution in [2.24, 2.45) is 5.92 Å². The normalized spacial score (nSPS) is 17.9. The lowest BCUT2D eigenvalue weighted by Gasteiger charge is -2.45. The molecule has 1 aromatic heterocycles. The Morgan fingerprint density at radius 1 is 1.18 bits per heavy atom. The van der Waals surface area contributed by atoms with Crippen molar-refractivity contribution in [2.45, 2.75) is 24.8 Å². The number of halogens is 1. The van der Waals surface area contributed by atoms with Gasteiger partial charge in [-0.1, -0.05) is 13.8 Å². The van der Waals surface area contributed by atoms with E-state index in [9.17, 15) is 12.8 Å². The summed E-state index contributed by atoms with van der Waals surface area (Å²) in [6.45, 7) is 6.47. The Labute approximate surface area is 165 Å². The van der Waals surface area contributed by atoms with Gasteiger partial charge in [0.25, 0.3) is 0 Å². The van der Waals surface area contributed by atoms with Crippen LogP contribution in [-0.4, -0.2) is 52.4 Å². The van der Waals surface area contributed by atoms with Gasteiger partial charge in [0, 0.05) is 55.6 Å². The molecular formula is C20H26FN3O3S. The lowest BCUT2D eigenvalue weighted by molar-refractivity contribution is 0.395. The Morgan fingerprint density at radius 2 is 1.93 bits per heavy atom. The first-order chi connectivity index (χ1) is 13.2. The number of ether oxygens (including phenoxy) is 1. The SMILES string of the molecule is COc1cc(N2CCN(c3ccc(F)c(S(C)(=O)=O)c3)CC2C(C)C)ccn1. The molecule has 152 valence electrons. The number of hydrogen-bond acceptors (Lipinski definition) is 6. The fourth-order valence-electron chi connectivity index (χ4n) is 3.60. The second-order valence-electron chi connectivity index (χ2n) is 7.39. The van der Waals surface area contributed by atoms with Gasteiger partial charge >= 0.3 is 0 Å². The van der Waals surface area contributed by atoms with Crippen LogP contribution in [0.3, 0.4) is 0 Å². The van der Waals surface area contributed by atoms with Gasteiger partial charge in [0.05, 0.1) is 7.11 Å². The number of sulfone groups is 1. The second-order valence-corrected chi connectivity index (χ2v) is 9.38. The van der Waals surface area contributed by atoms with Crippen molar-refractivity contribution in [3.05, 3.63) is 42.3 Å². The van der Waals surface area contributed by atoms with Crippen molar-refractivity contribution >= 4 is 21.2 Å². The Balaban J connectivity index is 1.89. The molecule has 6 nitrogen and oxygen atoms in total. The molecule has 1 atom stereocenters. The zero-order chi connectivity index (χ0) is 20.5. The maximum Gasteiger partial charge on any atom is 0.214 e. The molecule has 8 heteroatoms. The molecule has 1 aliphatic heterocycles. The second kappa shape index (κ2) is 7.95. The van der Waals surface area contributed by atoms with Crippen molar-refractivity contribution in [3.8, 4) is 5.88 Å². The highest BCUT2D eigenvalue weighted by atomic mass is 32.2. The summed E-state index contributed by atoms with van der Waals surface area (Å²) in [6.07, 6.45) is 2.76. The first kappa shape index (κ1) is 20.4. The Bertz CT molecular complexity index is 949. The van der Waals surface area contributed by atoms with Gasteiger partial charge < -0.3 is 14.5 Å². The minimum absolute atomic E-state index is 0.201. The zero-order valence-electron chi connectivity index (χ0n) is 16.6. The standard InChI is InChI=1S/C20H26FN3O3S/c1-14(2)18-13-23(15-5-6-17(21)19(11-15)28(4,25)26)9-10-24(18)16-7-8-22-20(12-16)27-3/h5-8,11-12,14,18H,9-10,13H2,1-4H3. The highest BCUT2D eigenvalue weighted by molar-refractivity contribution is 7.90. The first-order valence-corrected chi connectivity index (χ1v) is 11.1. The molecule has 1 unspecified atom stereocenters. The third kappa shape index (κ3) is 4.22. The molecule has 1 aliphatic rings.